The first-order valence-corrected chi connectivity index (χ1v) is 6.61. The van der Waals surface area contributed by atoms with Crippen molar-refractivity contribution in [3.8, 4) is 5.75 Å². The summed E-state index contributed by atoms with van der Waals surface area (Å²) in [6.45, 7) is 2.06. The highest BCUT2D eigenvalue weighted by atomic mass is 35.5. The Morgan fingerprint density at radius 1 is 1.22 bits per heavy atom. The SMILES string of the molecule is Clc1cncc2ccc(OC3CCNCC3)cc12. The van der Waals surface area contributed by atoms with E-state index in [4.69, 9.17) is 16.3 Å². The predicted octanol–water partition coefficient (Wildman–Crippen LogP) is 3.02. The Hall–Kier alpha value is -1.32. The minimum absolute atomic E-state index is 0.310. The van der Waals surface area contributed by atoms with Crippen LogP contribution in [0.4, 0.5) is 0 Å². The van der Waals surface area contributed by atoms with Crippen molar-refractivity contribution < 1.29 is 4.74 Å². The molecule has 0 aliphatic carbocycles. The molecule has 18 heavy (non-hydrogen) atoms. The van der Waals surface area contributed by atoms with Gasteiger partial charge in [-0.25, -0.2) is 0 Å². The standard InChI is InChI=1S/C14H15ClN2O/c15-14-9-17-8-10-1-2-12(7-13(10)14)18-11-3-5-16-6-4-11/h1-2,7-9,11,16H,3-6H2. The number of hydrogen-bond acceptors (Lipinski definition) is 3. The van der Waals surface area contributed by atoms with E-state index in [2.05, 4.69) is 10.3 Å². The van der Waals surface area contributed by atoms with E-state index in [0.29, 0.717) is 11.1 Å². The number of aromatic nitrogens is 1. The van der Waals surface area contributed by atoms with E-state index >= 15 is 0 Å². The summed E-state index contributed by atoms with van der Waals surface area (Å²) in [5.74, 6) is 0.891. The number of hydrogen-bond donors (Lipinski definition) is 1. The second-order valence-corrected chi connectivity index (χ2v) is 4.98. The lowest BCUT2D eigenvalue weighted by atomic mass is 10.1. The predicted molar refractivity (Wildman–Crippen MR) is 73.3 cm³/mol. The normalized spacial score (nSPS) is 16.9. The van der Waals surface area contributed by atoms with E-state index in [0.717, 1.165) is 42.5 Å². The summed E-state index contributed by atoms with van der Waals surface area (Å²) in [6, 6.07) is 5.99. The molecule has 0 spiro atoms. The molecular weight excluding hydrogens is 248 g/mol. The fraction of sp³-hybridized carbons (Fsp3) is 0.357. The third-order valence-corrected chi connectivity index (χ3v) is 3.57. The van der Waals surface area contributed by atoms with Crippen molar-refractivity contribution in [2.45, 2.75) is 18.9 Å². The summed E-state index contributed by atoms with van der Waals surface area (Å²) < 4.78 is 6.00. The van der Waals surface area contributed by atoms with Gasteiger partial charge in [0.05, 0.1) is 5.02 Å². The first-order valence-electron chi connectivity index (χ1n) is 6.23. The molecular formula is C14H15ClN2O. The van der Waals surface area contributed by atoms with Crippen molar-refractivity contribution in [1.29, 1.82) is 0 Å². The third kappa shape index (κ3) is 2.42. The Labute approximate surface area is 111 Å². The number of nitrogens with zero attached hydrogens (tertiary/aromatic N) is 1. The zero-order valence-electron chi connectivity index (χ0n) is 10.0. The van der Waals surface area contributed by atoms with Gasteiger partial charge in [-0.3, -0.25) is 4.98 Å². The van der Waals surface area contributed by atoms with Crippen LogP contribution in [0, 0.1) is 0 Å². The number of fused-ring (bicyclic) bond motifs is 1. The van der Waals surface area contributed by atoms with E-state index in [1.54, 1.807) is 6.20 Å². The average Bonchev–Trinajstić information content (AvgIpc) is 2.41. The molecule has 0 atom stereocenters. The fourth-order valence-corrected chi connectivity index (χ4v) is 2.51. The molecule has 1 aliphatic heterocycles. The quantitative estimate of drug-likeness (QED) is 0.903. The molecule has 1 N–H and O–H groups in total. The maximum Gasteiger partial charge on any atom is 0.120 e. The molecule has 3 rings (SSSR count). The Bertz CT molecular complexity index is 552. The highest BCUT2D eigenvalue weighted by Gasteiger charge is 2.14. The zero-order valence-corrected chi connectivity index (χ0v) is 10.8. The van der Waals surface area contributed by atoms with Crippen LogP contribution in [0.15, 0.2) is 30.6 Å². The summed E-state index contributed by atoms with van der Waals surface area (Å²) in [5.41, 5.74) is 0. The summed E-state index contributed by atoms with van der Waals surface area (Å²) in [7, 11) is 0. The third-order valence-electron chi connectivity index (χ3n) is 3.27. The summed E-state index contributed by atoms with van der Waals surface area (Å²) in [4.78, 5) is 4.08. The molecule has 0 unspecified atom stereocenters. The highest BCUT2D eigenvalue weighted by molar-refractivity contribution is 6.35. The number of ether oxygens (including phenoxy) is 1. The molecule has 0 bridgehead atoms. The van der Waals surface area contributed by atoms with Crippen LogP contribution in [0.3, 0.4) is 0 Å². The van der Waals surface area contributed by atoms with Crippen molar-refractivity contribution in [3.63, 3.8) is 0 Å². The summed E-state index contributed by atoms with van der Waals surface area (Å²) >= 11 is 6.14. The number of rotatable bonds is 2. The van der Waals surface area contributed by atoms with Crippen LogP contribution in [-0.4, -0.2) is 24.2 Å². The molecule has 0 radical (unpaired) electrons. The maximum atomic E-state index is 6.14. The van der Waals surface area contributed by atoms with Crippen LogP contribution in [0.1, 0.15) is 12.8 Å². The van der Waals surface area contributed by atoms with E-state index in [-0.39, 0.29) is 0 Å². The van der Waals surface area contributed by atoms with Gasteiger partial charge in [0.25, 0.3) is 0 Å². The number of halogens is 1. The van der Waals surface area contributed by atoms with Gasteiger partial charge < -0.3 is 10.1 Å². The molecule has 94 valence electrons. The lowest BCUT2D eigenvalue weighted by Crippen LogP contribution is -2.34. The molecule has 3 nitrogen and oxygen atoms in total. The Kier molecular flexibility index (Phi) is 3.35. The fourth-order valence-electron chi connectivity index (χ4n) is 2.29. The van der Waals surface area contributed by atoms with Crippen LogP contribution in [-0.2, 0) is 0 Å². The number of nitrogens with one attached hydrogen (secondary N) is 1. The molecule has 0 saturated carbocycles. The van der Waals surface area contributed by atoms with Crippen LogP contribution in [0.2, 0.25) is 5.02 Å². The first-order chi connectivity index (χ1) is 8.83. The van der Waals surface area contributed by atoms with Gasteiger partial charge in [0.15, 0.2) is 0 Å². The van der Waals surface area contributed by atoms with Crippen LogP contribution >= 0.6 is 11.6 Å². The molecule has 4 heteroatoms. The van der Waals surface area contributed by atoms with Crippen molar-refractivity contribution in [3.05, 3.63) is 35.6 Å². The molecule has 1 saturated heterocycles. The lowest BCUT2D eigenvalue weighted by Gasteiger charge is -2.24. The lowest BCUT2D eigenvalue weighted by molar-refractivity contribution is 0.162. The Balaban J connectivity index is 1.86. The summed E-state index contributed by atoms with van der Waals surface area (Å²) in [6.07, 6.45) is 5.90. The van der Waals surface area contributed by atoms with Gasteiger partial charge >= 0.3 is 0 Å². The van der Waals surface area contributed by atoms with Crippen LogP contribution < -0.4 is 10.1 Å². The minimum atomic E-state index is 0.310. The second-order valence-electron chi connectivity index (χ2n) is 4.57. The molecule has 1 aromatic heterocycles. The Morgan fingerprint density at radius 3 is 2.89 bits per heavy atom. The van der Waals surface area contributed by atoms with E-state index in [1.807, 2.05) is 24.4 Å². The number of piperidine rings is 1. The van der Waals surface area contributed by atoms with Crippen LogP contribution in [0.5, 0.6) is 5.75 Å². The average molecular weight is 263 g/mol. The number of pyridine rings is 1. The van der Waals surface area contributed by atoms with Crippen molar-refractivity contribution in [1.82, 2.24) is 10.3 Å². The second kappa shape index (κ2) is 5.12. The van der Waals surface area contributed by atoms with E-state index in [1.165, 1.54) is 0 Å². The van der Waals surface area contributed by atoms with E-state index < -0.39 is 0 Å². The largest absolute Gasteiger partial charge is 0.490 e. The van der Waals surface area contributed by atoms with Crippen molar-refractivity contribution >= 4 is 22.4 Å². The minimum Gasteiger partial charge on any atom is -0.490 e. The number of benzene rings is 1. The van der Waals surface area contributed by atoms with E-state index in [9.17, 15) is 0 Å². The van der Waals surface area contributed by atoms with Crippen molar-refractivity contribution in [2.24, 2.45) is 0 Å². The molecule has 0 amide bonds. The monoisotopic (exact) mass is 262 g/mol. The van der Waals surface area contributed by atoms with Gasteiger partial charge in [0.1, 0.15) is 11.9 Å². The Morgan fingerprint density at radius 2 is 2.06 bits per heavy atom. The topological polar surface area (TPSA) is 34.1 Å². The maximum absolute atomic E-state index is 6.14. The smallest absolute Gasteiger partial charge is 0.120 e. The molecule has 1 aliphatic rings. The molecule has 2 aromatic rings. The molecule has 1 fully saturated rings. The van der Waals surface area contributed by atoms with Gasteiger partial charge in [0, 0.05) is 23.2 Å². The first kappa shape index (κ1) is 11.8. The molecule has 2 heterocycles. The van der Waals surface area contributed by atoms with Gasteiger partial charge in [-0.1, -0.05) is 11.6 Å². The highest BCUT2D eigenvalue weighted by Crippen LogP contribution is 2.27. The van der Waals surface area contributed by atoms with Gasteiger partial charge in [-0.05, 0) is 44.1 Å². The van der Waals surface area contributed by atoms with Gasteiger partial charge in [-0.2, -0.15) is 0 Å². The van der Waals surface area contributed by atoms with Crippen LogP contribution in [0.25, 0.3) is 10.8 Å². The zero-order chi connectivity index (χ0) is 12.4. The van der Waals surface area contributed by atoms with Gasteiger partial charge in [0.2, 0.25) is 0 Å². The summed E-state index contributed by atoms with van der Waals surface area (Å²) in [5, 5.41) is 6.04. The van der Waals surface area contributed by atoms with Crippen molar-refractivity contribution in [2.75, 3.05) is 13.1 Å². The molecule has 1 aromatic carbocycles. The van der Waals surface area contributed by atoms with Gasteiger partial charge in [-0.15, -0.1) is 0 Å².